The van der Waals surface area contributed by atoms with Crippen LogP contribution in [-0.2, 0) is 38.1 Å². The van der Waals surface area contributed by atoms with Gasteiger partial charge in [0.15, 0.2) is 21.8 Å². The van der Waals surface area contributed by atoms with Crippen molar-refractivity contribution in [2.45, 2.75) is 61.7 Å². The Kier molecular flexibility index (Phi) is 9.94. The number of amides is 1. The van der Waals surface area contributed by atoms with Gasteiger partial charge in [-0.3, -0.25) is 14.2 Å². The lowest BCUT2D eigenvalue weighted by Crippen LogP contribution is -2.33. The SMILES string of the molecule is Cn1nc(NS(C)(=O)=O)c2c(Cl)ccc(-c3ccc(C#CC(C)(C)S(=O)(=O)C4CC4)nc3[C@H](Cc3cc(F)cc(F)c3)NC(=O)CC3N=CN=N3)c21. The molecule has 0 bridgehead atoms. The maximum Gasteiger partial charge on any atom is 0.231 e. The third-order valence-electron chi connectivity index (χ3n) is 8.49. The predicted octanol–water partition coefficient (Wildman–Crippen LogP) is 5.26. The van der Waals surface area contributed by atoms with Gasteiger partial charge in [0.05, 0.1) is 45.6 Å². The molecule has 1 fully saturated rings. The van der Waals surface area contributed by atoms with E-state index in [1.807, 2.05) is 0 Å². The number of pyridine rings is 1. The summed E-state index contributed by atoms with van der Waals surface area (Å²) in [7, 11) is -5.73. The number of nitrogens with one attached hydrogen (secondary N) is 2. The Balaban J connectivity index is 1.55. The average molecular weight is 771 g/mol. The molecule has 2 atom stereocenters. The molecule has 272 valence electrons. The van der Waals surface area contributed by atoms with Crippen molar-refractivity contribution in [3.63, 3.8) is 0 Å². The van der Waals surface area contributed by atoms with Crippen molar-refractivity contribution in [1.29, 1.82) is 0 Å². The van der Waals surface area contributed by atoms with E-state index in [4.69, 9.17) is 16.6 Å². The number of aliphatic imine (C=N–C) groups is 1. The Morgan fingerprint density at radius 3 is 2.40 bits per heavy atom. The lowest BCUT2D eigenvalue weighted by Gasteiger charge is -2.23. The van der Waals surface area contributed by atoms with E-state index in [-0.39, 0.29) is 46.0 Å². The van der Waals surface area contributed by atoms with E-state index in [0.717, 1.165) is 24.5 Å². The summed E-state index contributed by atoms with van der Waals surface area (Å²) in [5.41, 5.74) is 1.83. The number of azo groups is 1. The number of carbonyl (C=O) groups excluding carboxylic acids is 1. The van der Waals surface area contributed by atoms with Crippen LogP contribution in [-0.4, -0.2) is 66.3 Å². The van der Waals surface area contributed by atoms with Crippen molar-refractivity contribution in [2.24, 2.45) is 22.3 Å². The summed E-state index contributed by atoms with van der Waals surface area (Å²) >= 11 is 6.60. The van der Waals surface area contributed by atoms with Crippen LogP contribution in [0, 0.1) is 23.5 Å². The highest BCUT2D eigenvalue weighted by molar-refractivity contribution is 7.93. The summed E-state index contributed by atoms with van der Waals surface area (Å²) in [4.78, 5) is 22.3. The maximum atomic E-state index is 14.4. The summed E-state index contributed by atoms with van der Waals surface area (Å²) in [6.07, 6.45) is 2.26. The number of anilines is 1. The third kappa shape index (κ3) is 7.98. The molecule has 1 unspecified atom stereocenters. The molecule has 1 aliphatic heterocycles. The van der Waals surface area contributed by atoms with Gasteiger partial charge in [-0.15, -0.1) is 5.11 Å². The number of aryl methyl sites for hydroxylation is 1. The molecule has 2 N–H and O–H groups in total. The summed E-state index contributed by atoms with van der Waals surface area (Å²) in [6.45, 7) is 3.06. The van der Waals surface area contributed by atoms with Crippen molar-refractivity contribution >= 4 is 60.4 Å². The normalized spacial score (nSPS) is 16.5. The highest BCUT2D eigenvalue weighted by Crippen LogP contribution is 2.40. The minimum Gasteiger partial charge on any atom is -0.347 e. The van der Waals surface area contributed by atoms with Crippen LogP contribution in [0.2, 0.25) is 5.02 Å². The van der Waals surface area contributed by atoms with Gasteiger partial charge in [0.25, 0.3) is 0 Å². The first-order chi connectivity index (χ1) is 24.4. The quantitative estimate of drug-likeness (QED) is 0.196. The van der Waals surface area contributed by atoms with Crippen LogP contribution in [0.4, 0.5) is 14.6 Å². The zero-order valence-corrected chi connectivity index (χ0v) is 30.7. The molecule has 1 saturated carbocycles. The number of benzene rings is 2. The number of hydrogen-bond acceptors (Lipinski definition) is 10. The van der Waals surface area contributed by atoms with Crippen LogP contribution >= 0.6 is 11.6 Å². The fraction of sp³-hybridized carbons (Fsp3) is 0.353. The van der Waals surface area contributed by atoms with E-state index in [9.17, 15) is 30.4 Å². The van der Waals surface area contributed by atoms with Gasteiger partial charge in [0.1, 0.15) is 28.4 Å². The number of fused-ring (bicyclic) bond motifs is 1. The van der Waals surface area contributed by atoms with E-state index in [2.05, 4.69) is 42.2 Å². The Hall–Kier alpha value is -4.79. The molecule has 2 aliphatic rings. The molecule has 1 amide bonds. The first kappa shape index (κ1) is 37.0. The van der Waals surface area contributed by atoms with Gasteiger partial charge in [-0.25, -0.2) is 35.6 Å². The van der Waals surface area contributed by atoms with Crippen molar-refractivity contribution in [3.05, 3.63) is 76.1 Å². The maximum absolute atomic E-state index is 14.4. The number of aromatic nitrogens is 3. The molecule has 1 aliphatic carbocycles. The van der Waals surface area contributed by atoms with Crippen LogP contribution < -0.4 is 10.0 Å². The van der Waals surface area contributed by atoms with E-state index in [1.165, 1.54) is 24.9 Å². The second kappa shape index (κ2) is 14.0. The molecule has 2 aromatic carbocycles. The molecule has 18 heteroatoms. The molecular formula is C34H33ClF2N8O5S2. The Morgan fingerprint density at radius 1 is 1.08 bits per heavy atom. The number of sulfone groups is 1. The van der Waals surface area contributed by atoms with Crippen LogP contribution in [0.1, 0.15) is 56.1 Å². The summed E-state index contributed by atoms with van der Waals surface area (Å²) in [6, 6.07) is 8.41. The zero-order valence-electron chi connectivity index (χ0n) is 28.4. The molecule has 0 radical (unpaired) electrons. The molecule has 6 rings (SSSR count). The van der Waals surface area contributed by atoms with Gasteiger partial charge >= 0.3 is 0 Å². The van der Waals surface area contributed by atoms with Crippen molar-refractivity contribution < 1.29 is 30.4 Å². The summed E-state index contributed by atoms with van der Waals surface area (Å²) in [5, 5.41) is 14.9. The summed E-state index contributed by atoms with van der Waals surface area (Å²) < 4.78 is 82.0. The van der Waals surface area contributed by atoms with Gasteiger partial charge in [0, 0.05) is 24.2 Å². The van der Waals surface area contributed by atoms with Crippen molar-refractivity contribution in [2.75, 3.05) is 11.0 Å². The minimum absolute atomic E-state index is 0.0191. The van der Waals surface area contributed by atoms with Crippen molar-refractivity contribution in [3.8, 4) is 23.0 Å². The lowest BCUT2D eigenvalue weighted by atomic mass is 9.93. The number of rotatable bonds is 11. The second-order valence-electron chi connectivity index (χ2n) is 13.1. The zero-order chi connectivity index (χ0) is 37.6. The predicted molar refractivity (Wildman–Crippen MR) is 193 cm³/mol. The van der Waals surface area contributed by atoms with Crippen LogP contribution in [0.25, 0.3) is 22.0 Å². The Bertz CT molecular complexity index is 2420. The molecule has 13 nitrogen and oxygen atoms in total. The number of carbonyl (C=O) groups is 1. The molecular weight excluding hydrogens is 738 g/mol. The lowest BCUT2D eigenvalue weighted by molar-refractivity contribution is -0.122. The molecule has 3 heterocycles. The Labute approximate surface area is 304 Å². The van der Waals surface area contributed by atoms with Gasteiger partial charge in [-0.05, 0) is 74.9 Å². The number of halogens is 3. The van der Waals surface area contributed by atoms with Crippen LogP contribution in [0.3, 0.4) is 0 Å². The number of nitrogens with zero attached hydrogens (tertiary/aromatic N) is 6. The van der Waals surface area contributed by atoms with Crippen LogP contribution in [0.15, 0.2) is 57.7 Å². The van der Waals surface area contributed by atoms with Gasteiger partial charge in [0.2, 0.25) is 15.9 Å². The van der Waals surface area contributed by atoms with E-state index < -0.39 is 59.6 Å². The number of hydrogen-bond donors (Lipinski definition) is 2. The average Bonchev–Trinajstić information content (AvgIpc) is 3.71. The fourth-order valence-electron chi connectivity index (χ4n) is 5.90. The van der Waals surface area contributed by atoms with E-state index >= 15 is 0 Å². The summed E-state index contributed by atoms with van der Waals surface area (Å²) in [5.74, 6) is 3.57. The molecule has 0 saturated heterocycles. The minimum atomic E-state index is -3.76. The third-order valence-corrected chi connectivity index (χ3v) is 12.2. The topological polar surface area (TPSA) is 177 Å². The fourth-order valence-corrected chi connectivity index (χ4v) is 8.42. The van der Waals surface area contributed by atoms with Crippen molar-refractivity contribution in [1.82, 2.24) is 20.1 Å². The van der Waals surface area contributed by atoms with E-state index in [1.54, 1.807) is 31.3 Å². The highest BCUT2D eigenvalue weighted by Gasteiger charge is 2.45. The highest BCUT2D eigenvalue weighted by atomic mass is 35.5. The second-order valence-corrected chi connectivity index (χ2v) is 18.0. The monoisotopic (exact) mass is 770 g/mol. The largest absolute Gasteiger partial charge is 0.347 e. The number of sulfonamides is 1. The first-order valence-corrected chi connectivity index (χ1v) is 19.8. The molecule has 2 aromatic heterocycles. The molecule has 0 spiro atoms. The standard InChI is InChI=1S/C34H33ClF2N8O5S2/c1-34(2,52(49,50)23-6-7-23)12-11-22-5-8-24(25-9-10-26(35)30-32(25)45(3)43-33(30)44-51(4,47)48)31(40-22)27(15-19-13-20(36)16-21(37)14-19)41-29(46)17-28-38-18-39-42-28/h5,8-10,13-14,16,18,23,27-28H,6-7,15,17H2,1-4H3,(H,41,46)(H,43,44)/t27-,28?/m0/s1. The van der Waals surface area contributed by atoms with Gasteiger partial charge in [-0.2, -0.15) is 10.2 Å². The van der Waals surface area contributed by atoms with Crippen LogP contribution in [0.5, 0.6) is 0 Å². The molecule has 52 heavy (non-hydrogen) atoms. The smallest absolute Gasteiger partial charge is 0.231 e. The molecule has 4 aromatic rings. The first-order valence-electron chi connectivity index (χ1n) is 16.0. The van der Waals surface area contributed by atoms with E-state index in [0.29, 0.717) is 29.5 Å². The Morgan fingerprint density at radius 2 is 1.77 bits per heavy atom. The van der Waals surface area contributed by atoms with Gasteiger partial charge < -0.3 is 5.32 Å². The van der Waals surface area contributed by atoms with Gasteiger partial charge in [-0.1, -0.05) is 23.6 Å².